The molecule has 0 N–H and O–H groups in total. The van der Waals surface area contributed by atoms with Crippen LogP contribution >= 0.6 is 0 Å². The molecule has 86 valence electrons. The quantitative estimate of drug-likeness (QED) is 0.770. The number of ether oxygens (including phenoxy) is 1. The summed E-state index contributed by atoms with van der Waals surface area (Å²) in [6.45, 7) is 0. The molecule has 0 heterocycles. The summed E-state index contributed by atoms with van der Waals surface area (Å²) < 4.78 is 19.7. The molecule has 0 unspecified atom stereocenters. The van der Waals surface area contributed by atoms with Gasteiger partial charge in [-0.2, -0.15) is 0 Å². The first-order valence-corrected chi connectivity index (χ1v) is 5.85. The van der Waals surface area contributed by atoms with Crippen LogP contribution in [0.3, 0.4) is 0 Å². The maximum atomic E-state index is 13.9. The van der Waals surface area contributed by atoms with E-state index in [4.69, 9.17) is 4.74 Å². The van der Waals surface area contributed by atoms with Gasteiger partial charge in [0, 0.05) is 0 Å². The maximum Gasteiger partial charge on any atom is 0.134 e. The summed E-state index contributed by atoms with van der Waals surface area (Å²) in [7, 11) is 0. The molecular formula is C15H13FO. The molecule has 0 spiro atoms. The van der Waals surface area contributed by atoms with E-state index in [9.17, 15) is 4.39 Å². The molecular weight excluding hydrogens is 215 g/mol. The zero-order valence-corrected chi connectivity index (χ0v) is 9.40. The van der Waals surface area contributed by atoms with E-state index in [1.165, 1.54) is 6.07 Å². The molecule has 2 aromatic carbocycles. The summed E-state index contributed by atoms with van der Waals surface area (Å²) in [6.07, 6.45) is 2.43. The Bertz CT molecular complexity index is 518. The van der Waals surface area contributed by atoms with E-state index < -0.39 is 0 Å². The Morgan fingerprint density at radius 1 is 0.941 bits per heavy atom. The number of benzene rings is 2. The third-order valence-corrected chi connectivity index (χ3v) is 2.86. The van der Waals surface area contributed by atoms with E-state index in [0.29, 0.717) is 11.3 Å². The van der Waals surface area contributed by atoms with Crippen molar-refractivity contribution in [3.8, 4) is 16.9 Å². The minimum atomic E-state index is -0.227. The van der Waals surface area contributed by atoms with Crippen molar-refractivity contribution in [2.75, 3.05) is 0 Å². The van der Waals surface area contributed by atoms with Crippen molar-refractivity contribution in [3.63, 3.8) is 0 Å². The highest BCUT2D eigenvalue weighted by atomic mass is 19.1. The fraction of sp³-hybridized carbons (Fsp3) is 0.200. The van der Waals surface area contributed by atoms with Crippen LogP contribution in [-0.2, 0) is 0 Å². The van der Waals surface area contributed by atoms with Crippen LogP contribution in [0.15, 0.2) is 48.5 Å². The van der Waals surface area contributed by atoms with Crippen molar-refractivity contribution in [2.24, 2.45) is 0 Å². The van der Waals surface area contributed by atoms with Gasteiger partial charge in [0.1, 0.15) is 11.6 Å². The van der Waals surface area contributed by atoms with Gasteiger partial charge < -0.3 is 4.74 Å². The van der Waals surface area contributed by atoms with Crippen molar-refractivity contribution in [1.29, 1.82) is 0 Å². The van der Waals surface area contributed by atoms with E-state index in [-0.39, 0.29) is 11.9 Å². The largest absolute Gasteiger partial charge is 0.490 e. The first-order chi connectivity index (χ1) is 8.34. The van der Waals surface area contributed by atoms with Crippen LogP contribution in [0.5, 0.6) is 5.75 Å². The third kappa shape index (κ3) is 2.16. The van der Waals surface area contributed by atoms with Crippen molar-refractivity contribution < 1.29 is 9.13 Å². The summed E-state index contributed by atoms with van der Waals surface area (Å²) in [6, 6.07) is 14.5. The van der Waals surface area contributed by atoms with Crippen molar-refractivity contribution in [1.82, 2.24) is 0 Å². The molecule has 0 radical (unpaired) electrons. The van der Waals surface area contributed by atoms with Gasteiger partial charge in [-0.25, -0.2) is 4.39 Å². The highest BCUT2D eigenvalue weighted by molar-refractivity contribution is 5.71. The van der Waals surface area contributed by atoms with Gasteiger partial charge in [-0.15, -0.1) is 0 Å². The zero-order chi connectivity index (χ0) is 11.7. The Hall–Kier alpha value is -1.83. The predicted octanol–water partition coefficient (Wildman–Crippen LogP) is 4.03. The minimum absolute atomic E-state index is 0.227. The summed E-state index contributed by atoms with van der Waals surface area (Å²) in [5.74, 6) is 0.424. The third-order valence-electron chi connectivity index (χ3n) is 2.86. The molecule has 0 aromatic heterocycles. The predicted molar refractivity (Wildman–Crippen MR) is 65.5 cm³/mol. The Balaban J connectivity index is 2.06. The molecule has 1 saturated carbocycles. The lowest BCUT2D eigenvalue weighted by Gasteiger charge is -2.11. The monoisotopic (exact) mass is 228 g/mol. The smallest absolute Gasteiger partial charge is 0.134 e. The average molecular weight is 228 g/mol. The Morgan fingerprint density at radius 2 is 1.71 bits per heavy atom. The van der Waals surface area contributed by atoms with E-state index in [1.54, 1.807) is 6.07 Å². The van der Waals surface area contributed by atoms with E-state index in [0.717, 1.165) is 18.4 Å². The van der Waals surface area contributed by atoms with Crippen molar-refractivity contribution in [2.45, 2.75) is 18.9 Å². The van der Waals surface area contributed by atoms with Crippen molar-refractivity contribution in [3.05, 3.63) is 54.3 Å². The summed E-state index contributed by atoms with van der Waals surface area (Å²) in [5, 5.41) is 0. The molecule has 0 bridgehead atoms. The van der Waals surface area contributed by atoms with E-state index in [1.807, 2.05) is 36.4 Å². The van der Waals surface area contributed by atoms with Crippen LogP contribution in [0.4, 0.5) is 4.39 Å². The van der Waals surface area contributed by atoms with Gasteiger partial charge in [0.15, 0.2) is 0 Å². The fourth-order valence-corrected chi connectivity index (χ4v) is 1.85. The van der Waals surface area contributed by atoms with Gasteiger partial charge in [0.25, 0.3) is 0 Å². The molecule has 0 amide bonds. The van der Waals surface area contributed by atoms with Crippen LogP contribution < -0.4 is 4.74 Å². The molecule has 1 aliphatic rings. The number of hydrogen-bond donors (Lipinski definition) is 0. The number of rotatable bonds is 3. The van der Waals surface area contributed by atoms with Crippen LogP contribution in [-0.4, -0.2) is 6.10 Å². The second-order valence-corrected chi connectivity index (χ2v) is 4.30. The fourth-order valence-electron chi connectivity index (χ4n) is 1.85. The lowest BCUT2D eigenvalue weighted by molar-refractivity contribution is 0.303. The standard InChI is InChI=1S/C15H13FO/c16-13-7-4-8-14(17-12-9-10-12)15(13)11-5-2-1-3-6-11/h1-8,12H,9-10H2. The molecule has 0 aliphatic heterocycles. The van der Waals surface area contributed by atoms with Crippen LogP contribution in [0.25, 0.3) is 11.1 Å². The zero-order valence-electron chi connectivity index (χ0n) is 9.40. The van der Waals surface area contributed by atoms with Crippen molar-refractivity contribution >= 4 is 0 Å². The Kier molecular flexibility index (Phi) is 2.56. The van der Waals surface area contributed by atoms with Gasteiger partial charge >= 0.3 is 0 Å². The highest BCUT2D eigenvalue weighted by Crippen LogP contribution is 2.36. The molecule has 1 fully saturated rings. The molecule has 2 aromatic rings. The molecule has 0 atom stereocenters. The summed E-state index contributed by atoms with van der Waals surface area (Å²) >= 11 is 0. The van der Waals surface area contributed by atoms with Gasteiger partial charge in [-0.3, -0.25) is 0 Å². The molecule has 1 nitrogen and oxygen atoms in total. The molecule has 3 rings (SSSR count). The lowest BCUT2D eigenvalue weighted by Crippen LogP contribution is -1.99. The van der Waals surface area contributed by atoms with Crippen LogP contribution in [0, 0.1) is 5.82 Å². The normalized spacial score (nSPS) is 14.6. The highest BCUT2D eigenvalue weighted by Gasteiger charge is 2.25. The topological polar surface area (TPSA) is 9.23 Å². The van der Waals surface area contributed by atoms with Gasteiger partial charge in [-0.1, -0.05) is 36.4 Å². The molecule has 2 heteroatoms. The van der Waals surface area contributed by atoms with Crippen LogP contribution in [0.2, 0.25) is 0 Å². The van der Waals surface area contributed by atoms with E-state index in [2.05, 4.69) is 0 Å². The number of halogens is 1. The first kappa shape index (κ1) is 10.3. The van der Waals surface area contributed by atoms with Gasteiger partial charge in [-0.05, 0) is 30.5 Å². The first-order valence-electron chi connectivity index (χ1n) is 5.85. The minimum Gasteiger partial charge on any atom is -0.490 e. The lowest BCUT2D eigenvalue weighted by atomic mass is 10.0. The van der Waals surface area contributed by atoms with Crippen LogP contribution in [0.1, 0.15) is 12.8 Å². The summed E-state index contributed by atoms with van der Waals surface area (Å²) in [4.78, 5) is 0. The maximum absolute atomic E-state index is 13.9. The van der Waals surface area contributed by atoms with Gasteiger partial charge in [0.2, 0.25) is 0 Å². The van der Waals surface area contributed by atoms with Gasteiger partial charge in [0.05, 0.1) is 11.7 Å². The Labute approximate surface area is 99.9 Å². The Morgan fingerprint density at radius 3 is 2.41 bits per heavy atom. The second kappa shape index (κ2) is 4.21. The molecule has 17 heavy (non-hydrogen) atoms. The summed E-state index contributed by atoms with van der Waals surface area (Å²) in [5.41, 5.74) is 1.43. The molecule has 0 saturated heterocycles. The number of hydrogen-bond acceptors (Lipinski definition) is 1. The second-order valence-electron chi connectivity index (χ2n) is 4.30. The SMILES string of the molecule is Fc1cccc(OC2CC2)c1-c1ccccc1. The molecule has 1 aliphatic carbocycles. The average Bonchev–Trinajstić information content (AvgIpc) is 3.14. The van der Waals surface area contributed by atoms with E-state index >= 15 is 0 Å².